The monoisotopic (exact) mass is 269 g/mol. The highest BCUT2D eigenvalue weighted by Crippen LogP contribution is 2.62. The summed E-state index contributed by atoms with van der Waals surface area (Å²) in [5.41, 5.74) is 0.966. The summed E-state index contributed by atoms with van der Waals surface area (Å²) >= 11 is 0. The molecular weight excluding hydrogens is 238 g/mol. The van der Waals surface area contributed by atoms with Crippen molar-refractivity contribution in [3.8, 4) is 0 Å². The first-order valence-corrected chi connectivity index (χ1v) is 7.81. The second kappa shape index (κ2) is 6.11. The number of hydrogen-bond donors (Lipinski definition) is 1. The Morgan fingerprint density at radius 2 is 1.95 bits per heavy atom. The molecule has 3 heteroatoms. The van der Waals surface area contributed by atoms with Crippen molar-refractivity contribution in [2.45, 2.75) is 52.5 Å². The Kier molecular flexibility index (Phi) is 4.91. The van der Waals surface area contributed by atoms with E-state index in [0.717, 1.165) is 38.7 Å². The van der Waals surface area contributed by atoms with Crippen LogP contribution in [0.3, 0.4) is 0 Å². The van der Waals surface area contributed by atoms with E-state index in [-0.39, 0.29) is 0 Å². The topological polar surface area (TPSA) is 30.5 Å². The van der Waals surface area contributed by atoms with Crippen molar-refractivity contribution in [3.05, 3.63) is 0 Å². The Morgan fingerprint density at radius 1 is 1.16 bits per heavy atom. The number of ether oxygens (including phenoxy) is 2. The molecule has 3 nitrogen and oxygen atoms in total. The van der Waals surface area contributed by atoms with Crippen LogP contribution in [-0.4, -0.2) is 39.5 Å². The number of fused-ring (bicyclic) bond motifs is 2. The van der Waals surface area contributed by atoms with Gasteiger partial charge in [0.05, 0.1) is 6.61 Å². The molecule has 0 spiro atoms. The van der Waals surface area contributed by atoms with E-state index >= 15 is 0 Å². The van der Waals surface area contributed by atoms with E-state index in [9.17, 15) is 0 Å². The molecule has 0 aromatic carbocycles. The Morgan fingerprint density at radius 3 is 2.58 bits per heavy atom. The number of nitrogens with one attached hydrogen (secondary N) is 1. The third-order valence-electron chi connectivity index (χ3n) is 5.50. The average Bonchev–Trinajstić information content (AvgIpc) is 2.83. The molecule has 0 aromatic rings. The lowest BCUT2D eigenvalue weighted by Gasteiger charge is -2.43. The maximum atomic E-state index is 5.63. The minimum absolute atomic E-state index is 0.447. The molecule has 0 radical (unpaired) electrons. The summed E-state index contributed by atoms with van der Waals surface area (Å²) in [6, 6.07) is 0.654. The molecule has 2 bridgehead atoms. The van der Waals surface area contributed by atoms with Gasteiger partial charge in [-0.2, -0.15) is 0 Å². The van der Waals surface area contributed by atoms with Crippen LogP contribution >= 0.6 is 0 Å². The fourth-order valence-corrected chi connectivity index (χ4v) is 4.49. The molecule has 19 heavy (non-hydrogen) atoms. The Balaban J connectivity index is 1.68. The van der Waals surface area contributed by atoms with E-state index < -0.39 is 0 Å². The second-order valence-corrected chi connectivity index (χ2v) is 7.26. The van der Waals surface area contributed by atoms with E-state index in [4.69, 9.17) is 9.47 Å². The number of hydrogen-bond acceptors (Lipinski definition) is 3. The third kappa shape index (κ3) is 3.14. The van der Waals surface area contributed by atoms with Gasteiger partial charge in [0.1, 0.15) is 0 Å². The van der Waals surface area contributed by atoms with Gasteiger partial charge in [-0.3, -0.25) is 0 Å². The van der Waals surface area contributed by atoms with Crippen molar-refractivity contribution in [3.63, 3.8) is 0 Å². The van der Waals surface area contributed by atoms with Gasteiger partial charge in [-0.15, -0.1) is 0 Å². The van der Waals surface area contributed by atoms with E-state index in [2.05, 4.69) is 26.1 Å². The summed E-state index contributed by atoms with van der Waals surface area (Å²) in [6.45, 7) is 10.8. The van der Waals surface area contributed by atoms with Crippen molar-refractivity contribution < 1.29 is 9.47 Å². The minimum atomic E-state index is 0.447. The highest BCUT2D eigenvalue weighted by Gasteiger charge is 2.58. The largest absolute Gasteiger partial charge is 0.385 e. The maximum absolute atomic E-state index is 5.63. The average molecular weight is 269 g/mol. The summed E-state index contributed by atoms with van der Waals surface area (Å²) in [4.78, 5) is 0. The normalized spacial score (nSPS) is 36.0. The molecule has 2 aliphatic carbocycles. The van der Waals surface area contributed by atoms with Gasteiger partial charge in [0.2, 0.25) is 0 Å². The van der Waals surface area contributed by atoms with Crippen LogP contribution in [0.15, 0.2) is 0 Å². The van der Waals surface area contributed by atoms with Crippen LogP contribution in [0.25, 0.3) is 0 Å². The minimum Gasteiger partial charge on any atom is -0.385 e. The summed E-state index contributed by atoms with van der Waals surface area (Å²) < 4.78 is 10.6. The zero-order valence-corrected chi connectivity index (χ0v) is 13.1. The Bertz CT molecular complexity index is 288. The van der Waals surface area contributed by atoms with Gasteiger partial charge >= 0.3 is 0 Å². The summed E-state index contributed by atoms with van der Waals surface area (Å²) in [7, 11) is 1.74. The zero-order chi connectivity index (χ0) is 13.9. The van der Waals surface area contributed by atoms with Gasteiger partial charge in [0.25, 0.3) is 0 Å². The SMILES string of the molecule is COCCCOCCNC1C2(C)CCC(C2)C1(C)C. The number of rotatable bonds is 8. The Hall–Kier alpha value is -0.120. The van der Waals surface area contributed by atoms with Gasteiger partial charge in [0, 0.05) is 32.9 Å². The molecule has 0 heterocycles. The van der Waals surface area contributed by atoms with Gasteiger partial charge < -0.3 is 14.8 Å². The lowest BCUT2D eigenvalue weighted by atomic mass is 9.68. The molecule has 0 amide bonds. The summed E-state index contributed by atoms with van der Waals surface area (Å²) in [5, 5.41) is 3.78. The molecule has 2 aliphatic rings. The molecule has 0 aromatic heterocycles. The molecule has 112 valence electrons. The van der Waals surface area contributed by atoms with Crippen molar-refractivity contribution in [1.29, 1.82) is 0 Å². The highest BCUT2D eigenvalue weighted by molar-refractivity contribution is 5.11. The fraction of sp³-hybridized carbons (Fsp3) is 1.00. The molecule has 2 saturated carbocycles. The molecular formula is C16H31NO2. The molecule has 2 fully saturated rings. The predicted molar refractivity (Wildman–Crippen MR) is 78.3 cm³/mol. The molecule has 0 aliphatic heterocycles. The van der Waals surface area contributed by atoms with Crippen LogP contribution < -0.4 is 5.32 Å². The fourth-order valence-electron chi connectivity index (χ4n) is 4.49. The van der Waals surface area contributed by atoms with Gasteiger partial charge in [-0.05, 0) is 42.4 Å². The van der Waals surface area contributed by atoms with Gasteiger partial charge in [0.15, 0.2) is 0 Å². The second-order valence-electron chi connectivity index (χ2n) is 7.26. The van der Waals surface area contributed by atoms with E-state index in [1.807, 2.05) is 0 Å². The smallest absolute Gasteiger partial charge is 0.0591 e. The molecule has 2 rings (SSSR count). The van der Waals surface area contributed by atoms with Crippen LogP contribution in [-0.2, 0) is 9.47 Å². The van der Waals surface area contributed by atoms with Crippen LogP contribution in [0.5, 0.6) is 0 Å². The molecule has 3 atom stereocenters. The van der Waals surface area contributed by atoms with Gasteiger partial charge in [-0.1, -0.05) is 20.8 Å². The van der Waals surface area contributed by atoms with Crippen LogP contribution in [0.2, 0.25) is 0 Å². The summed E-state index contributed by atoms with van der Waals surface area (Å²) in [6.07, 6.45) is 5.22. The van der Waals surface area contributed by atoms with E-state index in [0.29, 0.717) is 16.9 Å². The number of methoxy groups -OCH3 is 1. The Labute approximate surface area is 118 Å². The van der Waals surface area contributed by atoms with Crippen LogP contribution in [0, 0.1) is 16.7 Å². The van der Waals surface area contributed by atoms with Crippen molar-refractivity contribution in [2.24, 2.45) is 16.7 Å². The van der Waals surface area contributed by atoms with Gasteiger partial charge in [-0.25, -0.2) is 0 Å². The van der Waals surface area contributed by atoms with Crippen molar-refractivity contribution in [2.75, 3.05) is 33.5 Å². The van der Waals surface area contributed by atoms with Crippen molar-refractivity contribution in [1.82, 2.24) is 5.32 Å². The van der Waals surface area contributed by atoms with E-state index in [1.165, 1.54) is 19.3 Å². The first-order chi connectivity index (χ1) is 9.00. The van der Waals surface area contributed by atoms with Crippen LogP contribution in [0.1, 0.15) is 46.5 Å². The van der Waals surface area contributed by atoms with Crippen LogP contribution in [0.4, 0.5) is 0 Å². The first-order valence-electron chi connectivity index (χ1n) is 7.81. The van der Waals surface area contributed by atoms with Crippen molar-refractivity contribution >= 4 is 0 Å². The lowest BCUT2D eigenvalue weighted by Crippen LogP contribution is -2.51. The molecule has 1 N–H and O–H groups in total. The first kappa shape index (κ1) is 15.3. The third-order valence-corrected chi connectivity index (χ3v) is 5.50. The lowest BCUT2D eigenvalue weighted by molar-refractivity contribution is 0.0789. The zero-order valence-electron chi connectivity index (χ0n) is 13.1. The predicted octanol–water partition coefficient (Wildman–Crippen LogP) is 2.84. The van der Waals surface area contributed by atoms with E-state index in [1.54, 1.807) is 7.11 Å². The molecule has 3 unspecified atom stereocenters. The quantitative estimate of drug-likeness (QED) is 0.687. The maximum Gasteiger partial charge on any atom is 0.0591 e. The summed E-state index contributed by atoms with van der Waals surface area (Å²) in [5.74, 6) is 0.914. The standard InChI is InChI=1S/C16H31NO2/c1-15(2)13-6-7-16(3,12-13)14(15)17-8-11-19-10-5-9-18-4/h13-14,17H,5-12H2,1-4H3. The highest BCUT2D eigenvalue weighted by atomic mass is 16.5. The molecule has 0 saturated heterocycles.